The van der Waals surface area contributed by atoms with Gasteiger partial charge in [0.2, 0.25) is 0 Å². The molecule has 2 N–H and O–H groups in total. The van der Waals surface area contributed by atoms with Crippen LogP contribution in [0.25, 0.3) is 0 Å². The minimum Gasteiger partial charge on any atom is -0.489 e. The van der Waals surface area contributed by atoms with Gasteiger partial charge in [-0.2, -0.15) is 5.10 Å². The van der Waals surface area contributed by atoms with Crippen LogP contribution in [0.1, 0.15) is 11.1 Å². The largest absolute Gasteiger partial charge is 0.489 e. The zero-order valence-electron chi connectivity index (χ0n) is 9.71. The van der Waals surface area contributed by atoms with Gasteiger partial charge in [-0.25, -0.2) is 0 Å². The van der Waals surface area contributed by atoms with Crippen LogP contribution >= 0.6 is 11.6 Å². The van der Waals surface area contributed by atoms with Gasteiger partial charge in [0.15, 0.2) is 0 Å². The first-order chi connectivity index (χ1) is 8.78. The smallest absolute Gasteiger partial charge is 0.120 e. The summed E-state index contributed by atoms with van der Waals surface area (Å²) in [5, 5.41) is 4.20. The first-order valence-electron chi connectivity index (χ1n) is 5.48. The standard InChI is InChI=1S/C14H13ClN2O/c15-13-6-4-11(5-7-13)10-18-14-3-1-2-12(8-14)9-17-16/h1-9H,10,16H2. The van der Waals surface area contributed by atoms with Crippen LogP contribution in [-0.4, -0.2) is 6.21 Å². The molecule has 2 aromatic carbocycles. The van der Waals surface area contributed by atoms with Gasteiger partial charge in [0, 0.05) is 5.02 Å². The van der Waals surface area contributed by atoms with Crippen molar-refractivity contribution < 1.29 is 4.74 Å². The summed E-state index contributed by atoms with van der Waals surface area (Å²) >= 11 is 5.82. The van der Waals surface area contributed by atoms with Crippen LogP contribution in [0.2, 0.25) is 5.02 Å². The summed E-state index contributed by atoms with van der Waals surface area (Å²) in [7, 11) is 0. The van der Waals surface area contributed by atoms with Crippen LogP contribution in [0.5, 0.6) is 5.75 Å². The van der Waals surface area contributed by atoms with Crippen molar-refractivity contribution in [2.24, 2.45) is 10.9 Å². The van der Waals surface area contributed by atoms with Gasteiger partial charge in [0.05, 0.1) is 6.21 Å². The van der Waals surface area contributed by atoms with Crippen LogP contribution in [0.15, 0.2) is 53.6 Å². The third-order valence-electron chi connectivity index (χ3n) is 2.40. The van der Waals surface area contributed by atoms with Crippen LogP contribution < -0.4 is 10.6 Å². The van der Waals surface area contributed by atoms with E-state index in [-0.39, 0.29) is 0 Å². The van der Waals surface area contributed by atoms with Crippen molar-refractivity contribution >= 4 is 17.8 Å². The highest BCUT2D eigenvalue weighted by molar-refractivity contribution is 6.30. The van der Waals surface area contributed by atoms with E-state index in [1.54, 1.807) is 6.21 Å². The third kappa shape index (κ3) is 3.50. The van der Waals surface area contributed by atoms with E-state index < -0.39 is 0 Å². The fraction of sp³-hybridized carbons (Fsp3) is 0.0714. The molecule has 0 unspecified atom stereocenters. The van der Waals surface area contributed by atoms with Gasteiger partial charge in [0.1, 0.15) is 12.4 Å². The molecule has 0 atom stereocenters. The van der Waals surface area contributed by atoms with E-state index >= 15 is 0 Å². The van der Waals surface area contributed by atoms with E-state index in [2.05, 4.69) is 5.10 Å². The Bertz CT molecular complexity index is 538. The molecule has 0 fully saturated rings. The lowest BCUT2D eigenvalue weighted by molar-refractivity contribution is 0.306. The van der Waals surface area contributed by atoms with Crippen molar-refractivity contribution in [1.29, 1.82) is 0 Å². The second-order valence-electron chi connectivity index (χ2n) is 3.77. The maximum absolute atomic E-state index is 5.82. The summed E-state index contributed by atoms with van der Waals surface area (Å²) in [6.07, 6.45) is 1.58. The summed E-state index contributed by atoms with van der Waals surface area (Å²) in [5.74, 6) is 5.89. The van der Waals surface area contributed by atoms with E-state index in [0.29, 0.717) is 6.61 Å². The zero-order valence-corrected chi connectivity index (χ0v) is 10.5. The van der Waals surface area contributed by atoms with Crippen LogP contribution in [0.4, 0.5) is 0 Å². The Hall–Kier alpha value is -2.00. The quantitative estimate of drug-likeness (QED) is 0.521. The third-order valence-corrected chi connectivity index (χ3v) is 2.65. The molecule has 2 rings (SSSR count). The summed E-state index contributed by atoms with van der Waals surface area (Å²) in [5.41, 5.74) is 1.98. The van der Waals surface area contributed by atoms with Gasteiger partial charge in [-0.1, -0.05) is 35.9 Å². The predicted molar refractivity (Wildman–Crippen MR) is 74.0 cm³/mol. The lowest BCUT2D eigenvalue weighted by atomic mass is 10.2. The van der Waals surface area contributed by atoms with Crippen molar-refractivity contribution in [1.82, 2.24) is 0 Å². The molecule has 0 aliphatic rings. The first kappa shape index (κ1) is 12.5. The monoisotopic (exact) mass is 260 g/mol. The van der Waals surface area contributed by atoms with Crippen molar-refractivity contribution in [3.05, 3.63) is 64.7 Å². The number of ether oxygens (including phenoxy) is 1. The van der Waals surface area contributed by atoms with E-state index in [9.17, 15) is 0 Å². The van der Waals surface area contributed by atoms with Crippen molar-refractivity contribution in [2.75, 3.05) is 0 Å². The minimum atomic E-state index is 0.500. The van der Waals surface area contributed by atoms with E-state index in [1.807, 2.05) is 48.5 Å². The number of hydrogen-bond acceptors (Lipinski definition) is 3. The maximum Gasteiger partial charge on any atom is 0.120 e. The topological polar surface area (TPSA) is 47.6 Å². The molecular weight excluding hydrogens is 248 g/mol. The molecule has 2 aromatic rings. The Labute approximate surface area is 111 Å². The Morgan fingerprint density at radius 2 is 1.94 bits per heavy atom. The van der Waals surface area contributed by atoms with Gasteiger partial charge < -0.3 is 10.6 Å². The molecule has 4 heteroatoms. The van der Waals surface area contributed by atoms with Gasteiger partial charge in [-0.3, -0.25) is 0 Å². The Morgan fingerprint density at radius 3 is 2.67 bits per heavy atom. The molecule has 0 amide bonds. The Kier molecular flexibility index (Phi) is 4.20. The fourth-order valence-corrected chi connectivity index (χ4v) is 1.64. The molecule has 0 bridgehead atoms. The SMILES string of the molecule is NN=Cc1cccc(OCc2ccc(Cl)cc2)c1. The van der Waals surface area contributed by atoms with Gasteiger partial charge in [0.25, 0.3) is 0 Å². The Balaban J connectivity index is 2.01. The number of nitrogens with zero attached hydrogens (tertiary/aromatic N) is 1. The van der Waals surface area contributed by atoms with Gasteiger partial charge in [-0.05, 0) is 35.4 Å². The molecule has 0 aliphatic carbocycles. The number of hydrogen-bond donors (Lipinski definition) is 1. The molecule has 0 radical (unpaired) electrons. The number of benzene rings is 2. The molecule has 0 spiro atoms. The highest BCUT2D eigenvalue weighted by atomic mass is 35.5. The lowest BCUT2D eigenvalue weighted by Gasteiger charge is -2.06. The molecular formula is C14H13ClN2O. The van der Waals surface area contributed by atoms with Crippen molar-refractivity contribution in [3.63, 3.8) is 0 Å². The first-order valence-corrected chi connectivity index (χ1v) is 5.86. The van der Waals surface area contributed by atoms with Crippen LogP contribution in [0, 0.1) is 0 Å². The van der Waals surface area contributed by atoms with Crippen LogP contribution in [0.3, 0.4) is 0 Å². The maximum atomic E-state index is 5.82. The molecule has 0 saturated heterocycles. The van der Waals surface area contributed by atoms with Crippen molar-refractivity contribution in [2.45, 2.75) is 6.61 Å². The Morgan fingerprint density at radius 1 is 1.17 bits per heavy atom. The van der Waals surface area contributed by atoms with Crippen LogP contribution in [-0.2, 0) is 6.61 Å². The second kappa shape index (κ2) is 6.07. The number of nitrogens with two attached hydrogens (primary N) is 1. The van der Waals surface area contributed by atoms with E-state index in [0.717, 1.165) is 21.9 Å². The normalized spacial score (nSPS) is 10.7. The molecule has 0 saturated carbocycles. The molecule has 3 nitrogen and oxygen atoms in total. The zero-order chi connectivity index (χ0) is 12.8. The minimum absolute atomic E-state index is 0.500. The second-order valence-corrected chi connectivity index (χ2v) is 4.20. The summed E-state index contributed by atoms with van der Waals surface area (Å²) in [6, 6.07) is 15.1. The molecule has 92 valence electrons. The molecule has 0 heterocycles. The summed E-state index contributed by atoms with van der Waals surface area (Å²) in [4.78, 5) is 0. The number of rotatable bonds is 4. The molecule has 0 aliphatic heterocycles. The highest BCUT2D eigenvalue weighted by Crippen LogP contribution is 2.15. The molecule has 18 heavy (non-hydrogen) atoms. The predicted octanol–water partition coefficient (Wildman–Crippen LogP) is 3.21. The van der Waals surface area contributed by atoms with Gasteiger partial charge >= 0.3 is 0 Å². The van der Waals surface area contributed by atoms with Gasteiger partial charge in [-0.15, -0.1) is 0 Å². The summed E-state index contributed by atoms with van der Waals surface area (Å²) in [6.45, 7) is 0.500. The lowest BCUT2D eigenvalue weighted by Crippen LogP contribution is -1.96. The fourth-order valence-electron chi connectivity index (χ4n) is 1.52. The average Bonchev–Trinajstić information content (AvgIpc) is 2.39. The summed E-state index contributed by atoms with van der Waals surface area (Å²) < 4.78 is 5.67. The number of hydrazone groups is 1. The van der Waals surface area contributed by atoms with E-state index in [4.69, 9.17) is 22.2 Å². The van der Waals surface area contributed by atoms with E-state index in [1.165, 1.54) is 0 Å². The highest BCUT2D eigenvalue weighted by Gasteiger charge is 1.97. The van der Waals surface area contributed by atoms with Crippen molar-refractivity contribution in [3.8, 4) is 5.75 Å². The number of halogens is 1. The average molecular weight is 261 g/mol. The molecule has 0 aromatic heterocycles.